The van der Waals surface area contributed by atoms with Crippen molar-refractivity contribution in [3.63, 3.8) is 0 Å². The van der Waals surface area contributed by atoms with E-state index in [0.717, 1.165) is 5.56 Å². The zero-order chi connectivity index (χ0) is 17.5. The first-order chi connectivity index (χ1) is 11.6. The molecular formula is C19H17NO4. The van der Waals surface area contributed by atoms with Gasteiger partial charge in [0.2, 0.25) is 0 Å². The lowest BCUT2D eigenvalue weighted by Crippen LogP contribution is -2.07. The first-order valence-electron chi connectivity index (χ1n) is 7.15. The summed E-state index contributed by atoms with van der Waals surface area (Å²) in [6.45, 7) is 0. The van der Waals surface area contributed by atoms with Crippen molar-refractivity contribution in [3.8, 4) is 17.6 Å². The van der Waals surface area contributed by atoms with Gasteiger partial charge in [-0.25, -0.2) is 4.79 Å². The molecule has 0 bridgehead atoms. The molecule has 0 amide bonds. The maximum atomic E-state index is 12.1. The smallest absolute Gasteiger partial charge is 0.342 e. The van der Waals surface area contributed by atoms with Crippen molar-refractivity contribution in [3.05, 3.63) is 58.7 Å². The Morgan fingerprint density at radius 3 is 2.50 bits per heavy atom. The predicted octanol–water partition coefficient (Wildman–Crippen LogP) is 3.53. The summed E-state index contributed by atoms with van der Waals surface area (Å²) < 4.78 is 15.4. The zero-order valence-corrected chi connectivity index (χ0v) is 13.7. The standard InChI is InChI=1S/C19H17NO4/c1-22-16-10-15(18(19(21)24-3)17(11-16)23-2)8-7-13-5-4-6-14(9-13)12-20/h4-11H,1-3H3/b8-7+. The van der Waals surface area contributed by atoms with E-state index in [2.05, 4.69) is 6.07 Å². The SMILES string of the molecule is COC(=O)c1c(/C=C/c2cccc(C#N)c2)cc(OC)cc1OC. The van der Waals surface area contributed by atoms with Gasteiger partial charge in [-0.05, 0) is 29.3 Å². The van der Waals surface area contributed by atoms with Crippen LogP contribution in [-0.4, -0.2) is 27.3 Å². The molecule has 0 unspecified atom stereocenters. The zero-order valence-electron chi connectivity index (χ0n) is 13.7. The molecule has 0 aromatic heterocycles. The topological polar surface area (TPSA) is 68.6 Å². The maximum absolute atomic E-state index is 12.1. The minimum atomic E-state index is -0.500. The van der Waals surface area contributed by atoms with Gasteiger partial charge in [0.05, 0.1) is 33.0 Å². The number of methoxy groups -OCH3 is 3. The lowest BCUT2D eigenvalue weighted by Gasteiger charge is -2.12. The molecule has 122 valence electrons. The average Bonchev–Trinajstić information content (AvgIpc) is 2.64. The van der Waals surface area contributed by atoms with Gasteiger partial charge in [-0.1, -0.05) is 24.3 Å². The normalized spacial score (nSPS) is 10.2. The molecule has 24 heavy (non-hydrogen) atoms. The van der Waals surface area contributed by atoms with E-state index in [9.17, 15) is 4.79 Å². The number of nitriles is 1. The van der Waals surface area contributed by atoms with Crippen LogP contribution in [0.4, 0.5) is 0 Å². The summed E-state index contributed by atoms with van der Waals surface area (Å²) >= 11 is 0. The summed E-state index contributed by atoms with van der Waals surface area (Å²) in [6, 6.07) is 12.6. The molecule has 0 fully saturated rings. The Morgan fingerprint density at radius 2 is 1.88 bits per heavy atom. The summed E-state index contributed by atoms with van der Waals surface area (Å²) in [7, 11) is 4.33. The lowest BCUT2D eigenvalue weighted by molar-refractivity contribution is 0.0597. The van der Waals surface area contributed by atoms with Crippen molar-refractivity contribution >= 4 is 18.1 Å². The van der Waals surface area contributed by atoms with Gasteiger partial charge < -0.3 is 14.2 Å². The molecule has 0 atom stereocenters. The molecule has 5 heteroatoms. The van der Waals surface area contributed by atoms with Crippen LogP contribution in [0.15, 0.2) is 36.4 Å². The van der Waals surface area contributed by atoms with E-state index < -0.39 is 5.97 Å². The number of benzene rings is 2. The van der Waals surface area contributed by atoms with Gasteiger partial charge in [-0.3, -0.25) is 0 Å². The van der Waals surface area contributed by atoms with Crippen molar-refractivity contribution in [2.24, 2.45) is 0 Å². The third-order valence-electron chi connectivity index (χ3n) is 3.42. The summed E-state index contributed by atoms with van der Waals surface area (Å²) in [4.78, 5) is 12.1. The summed E-state index contributed by atoms with van der Waals surface area (Å²) in [5, 5.41) is 8.96. The van der Waals surface area contributed by atoms with Crippen LogP contribution < -0.4 is 9.47 Å². The van der Waals surface area contributed by atoms with Crippen LogP contribution in [0.1, 0.15) is 27.0 Å². The second kappa shape index (κ2) is 7.84. The highest BCUT2D eigenvalue weighted by Gasteiger charge is 2.18. The molecular weight excluding hydrogens is 306 g/mol. The fourth-order valence-electron chi connectivity index (χ4n) is 2.24. The van der Waals surface area contributed by atoms with E-state index >= 15 is 0 Å². The monoisotopic (exact) mass is 323 g/mol. The molecule has 0 saturated carbocycles. The molecule has 5 nitrogen and oxygen atoms in total. The summed E-state index contributed by atoms with van der Waals surface area (Å²) in [5.41, 5.74) is 2.31. The second-order valence-corrected chi connectivity index (χ2v) is 4.86. The van der Waals surface area contributed by atoms with Crippen molar-refractivity contribution < 1.29 is 19.0 Å². The van der Waals surface area contributed by atoms with E-state index in [1.807, 2.05) is 12.1 Å². The van der Waals surface area contributed by atoms with Crippen molar-refractivity contribution in [2.75, 3.05) is 21.3 Å². The molecule has 0 N–H and O–H groups in total. The molecule has 0 radical (unpaired) electrons. The minimum absolute atomic E-state index is 0.313. The summed E-state index contributed by atoms with van der Waals surface area (Å²) in [6.07, 6.45) is 3.56. The first-order valence-corrected chi connectivity index (χ1v) is 7.15. The van der Waals surface area contributed by atoms with Gasteiger partial charge in [-0.15, -0.1) is 0 Å². The second-order valence-electron chi connectivity index (χ2n) is 4.86. The van der Waals surface area contributed by atoms with Gasteiger partial charge >= 0.3 is 5.97 Å². The molecule has 0 spiro atoms. The van der Waals surface area contributed by atoms with Gasteiger partial charge in [0.1, 0.15) is 17.1 Å². The quantitative estimate of drug-likeness (QED) is 0.622. The van der Waals surface area contributed by atoms with Crippen molar-refractivity contribution in [2.45, 2.75) is 0 Å². The van der Waals surface area contributed by atoms with Gasteiger partial charge in [-0.2, -0.15) is 5.26 Å². The molecule has 0 aliphatic rings. The number of esters is 1. The third-order valence-corrected chi connectivity index (χ3v) is 3.42. The van der Waals surface area contributed by atoms with E-state index in [1.54, 1.807) is 36.4 Å². The molecule has 0 aliphatic heterocycles. The molecule has 0 heterocycles. The third kappa shape index (κ3) is 3.73. The number of nitrogens with zero attached hydrogens (tertiary/aromatic N) is 1. The number of hydrogen-bond acceptors (Lipinski definition) is 5. The number of hydrogen-bond donors (Lipinski definition) is 0. The molecule has 0 aliphatic carbocycles. The van der Waals surface area contributed by atoms with Crippen molar-refractivity contribution in [1.29, 1.82) is 5.26 Å². The van der Waals surface area contributed by atoms with Crippen LogP contribution >= 0.6 is 0 Å². The van der Waals surface area contributed by atoms with Gasteiger partial charge in [0.15, 0.2) is 0 Å². The van der Waals surface area contributed by atoms with Crippen LogP contribution in [0.3, 0.4) is 0 Å². The highest BCUT2D eigenvalue weighted by atomic mass is 16.5. The lowest BCUT2D eigenvalue weighted by atomic mass is 10.0. The minimum Gasteiger partial charge on any atom is -0.497 e. The van der Waals surface area contributed by atoms with Crippen LogP contribution in [0, 0.1) is 11.3 Å². The fraction of sp³-hybridized carbons (Fsp3) is 0.158. The van der Waals surface area contributed by atoms with E-state index in [0.29, 0.717) is 28.2 Å². The van der Waals surface area contributed by atoms with Gasteiger partial charge in [0.25, 0.3) is 0 Å². The fourth-order valence-corrected chi connectivity index (χ4v) is 2.24. The molecule has 0 saturated heterocycles. The maximum Gasteiger partial charge on any atom is 0.342 e. The van der Waals surface area contributed by atoms with Gasteiger partial charge in [0, 0.05) is 6.07 Å². The average molecular weight is 323 g/mol. The molecule has 2 aromatic rings. The highest BCUT2D eigenvalue weighted by molar-refractivity contribution is 5.98. The Hall–Kier alpha value is -3.26. The number of rotatable bonds is 5. The van der Waals surface area contributed by atoms with E-state index in [4.69, 9.17) is 19.5 Å². The van der Waals surface area contributed by atoms with E-state index in [1.165, 1.54) is 21.3 Å². The number of carbonyl (C=O) groups is 1. The first kappa shape index (κ1) is 17.1. The Labute approximate surface area is 140 Å². The van der Waals surface area contributed by atoms with Crippen LogP contribution in [0.5, 0.6) is 11.5 Å². The predicted molar refractivity (Wildman–Crippen MR) is 91.0 cm³/mol. The Balaban J connectivity index is 2.52. The van der Waals surface area contributed by atoms with Crippen molar-refractivity contribution in [1.82, 2.24) is 0 Å². The van der Waals surface area contributed by atoms with Crippen LogP contribution in [-0.2, 0) is 4.74 Å². The Bertz CT molecular complexity index is 819. The highest BCUT2D eigenvalue weighted by Crippen LogP contribution is 2.30. The van der Waals surface area contributed by atoms with Crippen LogP contribution in [0.2, 0.25) is 0 Å². The molecule has 2 rings (SSSR count). The number of ether oxygens (including phenoxy) is 3. The Kier molecular flexibility index (Phi) is 5.58. The van der Waals surface area contributed by atoms with Crippen LogP contribution in [0.25, 0.3) is 12.2 Å². The van der Waals surface area contributed by atoms with E-state index in [-0.39, 0.29) is 0 Å². The number of carbonyl (C=O) groups excluding carboxylic acids is 1. The molecule has 2 aromatic carbocycles. The Morgan fingerprint density at radius 1 is 1.08 bits per heavy atom. The summed E-state index contributed by atoms with van der Waals surface area (Å²) in [5.74, 6) is 0.427. The largest absolute Gasteiger partial charge is 0.497 e.